The number of aromatic nitrogens is 1. The predicted octanol–water partition coefficient (Wildman–Crippen LogP) is 2.74. The van der Waals surface area contributed by atoms with Gasteiger partial charge in [-0.05, 0) is 36.9 Å². The van der Waals surface area contributed by atoms with E-state index in [0.717, 1.165) is 16.3 Å². The second kappa shape index (κ2) is 4.76. The molecule has 78 valence electrons. The normalized spacial score (nSPS) is 13.3. The second-order valence-electron chi connectivity index (χ2n) is 3.92. The van der Waals surface area contributed by atoms with Crippen molar-refractivity contribution in [3.63, 3.8) is 0 Å². The lowest BCUT2D eigenvalue weighted by Gasteiger charge is -2.19. The number of pyridine rings is 1. The summed E-state index contributed by atoms with van der Waals surface area (Å²) >= 11 is 6.02. The molecule has 1 unspecified atom stereocenters. The number of hydrogen-bond acceptors (Lipinski definition) is 2. The van der Waals surface area contributed by atoms with Gasteiger partial charge in [-0.25, -0.2) is 0 Å². The molecule has 1 heterocycles. The van der Waals surface area contributed by atoms with Crippen molar-refractivity contribution in [2.24, 2.45) is 11.7 Å². The molecule has 0 aliphatic carbocycles. The zero-order valence-electron chi connectivity index (χ0n) is 8.92. The van der Waals surface area contributed by atoms with Crippen LogP contribution in [0.2, 0.25) is 5.02 Å². The fourth-order valence-corrected chi connectivity index (χ4v) is 1.69. The van der Waals surface area contributed by atoms with Gasteiger partial charge in [0.05, 0.1) is 10.7 Å². The monoisotopic (exact) mass is 212 g/mol. The molecule has 2 N–H and O–H groups in total. The molecule has 1 atom stereocenters. The molecule has 0 saturated carbocycles. The number of aryl methyl sites for hydroxylation is 1. The third kappa shape index (κ3) is 2.46. The van der Waals surface area contributed by atoms with E-state index >= 15 is 0 Å². The topological polar surface area (TPSA) is 38.9 Å². The molecular weight excluding hydrogens is 196 g/mol. The lowest BCUT2D eigenvalue weighted by atomic mass is 9.89. The van der Waals surface area contributed by atoms with E-state index in [4.69, 9.17) is 17.3 Å². The average Bonchev–Trinajstić information content (AvgIpc) is 2.11. The molecule has 0 aliphatic heterocycles. The number of halogens is 1. The predicted molar refractivity (Wildman–Crippen MR) is 60.6 cm³/mol. The zero-order chi connectivity index (χ0) is 10.7. The summed E-state index contributed by atoms with van der Waals surface area (Å²) in [6, 6.07) is 1.97. The smallest absolute Gasteiger partial charge is 0.0621 e. The molecule has 1 aromatic heterocycles. The van der Waals surface area contributed by atoms with E-state index in [9.17, 15) is 0 Å². The molecule has 0 aliphatic rings. The van der Waals surface area contributed by atoms with Gasteiger partial charge in [-0.3, -0.25) is 4.98 Å². The van der Waals surface area contributed by atoms with E-state index in [0.29, 0.717) is 18.4 Å². The summed E-state index contributed by atoms with van der Waals surface area (Å²) in [7, 11) is 0. The molecule has 0 amide bonds. The first-order valence-electron chi connectivity index (χ1n) is 4.88. The minimum atomic E-state index is 0.348. The molecule has 2 nitrogen and oxygen atoms in total. The zero-order valence-corrected chi connectivity index (χ0v) is 9.67. The van der Waals surface area contributed by atoms with Crippen LogP contribution >= 0.6 is 11.6 Å². The maximum atomic E-state index is 6.02. The molecule has 3 heteroatoms. The van der Waals surface area contributed by atoms with Crippen LogP contribution in [0.5, 0.6) is 0 Å². The highest BCUT2D eigenvalue weighted by molar-refractivity contribution is 6.31. The molecule has 0 bridgehead atoms. The van der Waals surface area contributed by atoms with Crippen LogP contribution in [0.1, 0.15) is 31.0 Å². The first-order chi connectivity index (χ1) is 6.56. The first kappa shape index (κ1) is 11.5. The molecule has 0 spiro atoms. The Kier molecular flexibility index (Phi) is 3.90. The highest BCUT2D eigenvalue weighted by Gasteiger charge is 2.15. The Bertz CT molecular complexity index is 310. The quantitative estimate of drug-likeness (QED) is 0.837. The van der Waals surface area contributed by atoms with Gasteiger partial charge < -0.3 is 5.73 Å². The number of rotatable bonds is 3. The van der Waals surface area contributed by atoms with Crippen LogP contribution in [0.25, 0.3) is 0 Å². The van der Waals surface area contributed by atoms with Crippen LogP contribution in [-0.2, 0) is 0 Å². The SMILES string of the molecule is Cc1ncc(C(CN)C(C)C)cc1Cl. The van der Waals surface area contributed by atoms with Crippen molar-refractivity contribution >= 4 is 11.6 Å². The van der Waals surface area contributed by atoms with E-state index < -0.39 is 0 Å². The summed E-state index contributed by atoms with van der Waals surface area (Å²) in [5.74, 6) is 0.862. The van der Waals surface area contributed by atoms with Crippen molar-refractivity contribution in [3.8, 4) is 0 Å². The highest BCUT2D eigenvalue weighted by atomic mass is 35.5. The Balaban J connectivity index is 3.00. The van der Waals surface area contributed by atoms with Crippen molar-refractivity contribution in [2.45, 2.75) is 26.7 Å². The van der Waals surface area contributed by atoms with Gasteiger partial charge in [0, 0.05) is 6.20 Å². The fourth-order valence-electron chi connectivity index (χ4n) is 1.52. The molecule has 0 saturated heterocycles. The van der Waals surface area contributed by atoms with Crippen molar-refractivity contribution in [2.75, 3.05) is 6.54 Å². The Morgan fingerprint density at radius 3 is 2.57 bits per heavy atom. The molecule has 14 heavy (non-hydrogen) atoms. The molecule has 0 aromatic carbocycles. The van der Waals surface area contributed by atoms with Crippen molar-refractivity contribution in [1.82, 2.24) is 4.98 Å². The van der Waals surface area contributed by atoms with E-state index in [1.54, 1.807) is 0 Å². The van der Waals surface area contributed by atoms with E-state index in [2.05, 4.69) is 18.8 Å². The lowest BCUT2D eigenvalue weighted by molar-refractivity contribution is 0.505. The number of nitrogens with two attached hydrogens (primary N) is 1. The van der Waals surface area contributed by atoms with E-state index in [-0.39, 0.29) is 0 Å². The van der Waals surface area contributed by atoms with Crippen molar-refractivity contribution < 1.29 is 0 Å². The van der Waals surface area contributed by atoms with E-state index in [1.165, 1.54) is 0 Å². The van der Waals surface area contributed by atoms with Crippen LogP contribution in [0.4, 0.5) is 0 Å². The maximum absolute atomic E-state index is 6.02. The summed E-state index contributed by atoms with van der Waals surface area (Å²) in [4.78, 5) is 4.24. The maximum Gasteiger partial charge on any atom is 0.0621 e. The summed E-state index contributed by atoms with van der Waals surface area (Å²) in [5, 5.41) is 0.724. The minimum absolute atomic E-state index is 0.348. The van der Waals surface area contributed by atoms with Gasteiger partial charge >= 0.3 is 0 Å². The number of hydrogen-bond donors (Lipinski definition) is 1. The third-order valence-corrected chi connectivity index (χ3v) is 2.92. The second-order valence-corrected chi connectivity index (χ2v) is 4.33. The summed E-state index contributed by atoms with van der Waals surface area (Å²) in [5.41, 5.74) is 7.73. The Morgan fingerprint density at radius 1 is 1.50 bits per heavy atom. The van der Waals surface area contributed by atoms with Crippen molar-refractivity contribution in [3.05, 3.63) is 28.5 Å². The largest absolute Gasteiger partial charge is 0.330 e. The minimum Gasteiger partial charge on any atom is -0.330 e. The van der Waals surface area contributed by atoms with Gasteiger partial charge in [0.15, 0.2) is 0 Å². The molecular formula is C11H17ClN2. The van der Waals surface area contributed by atoms with Gasteiger partial charge in [-0.1, -0.05) is 25.4 Å². The lowest BCUT2D eigenvalue weighted by Crippen LogP contribution is -2.18. The van der Waals surface area contributed by atoms with Crippen LogP contribution in [0.3, 0.4) is 0 Å². The van der Waals surface area contributed by atoms with Crippen LogP contribution < -0.4 is 5.73 Å². The summed E-state index contributed by atoms with van der Waals surface area (Å²) in [6.07, 6.45) is 1.87. The molecule has 0 radical (unpaired) electrons. The average molecular weight is 213 g/mol. The van der Waals surface area contributed by atoms with Gasteiger partial charge in [0.25, 0.3) is 0 Å². The summed E-state index contributed by atoms with van der Waals surface area (Å²) in [6.45, 7) is 6.86. The van der Waals surface area contributed by atoms with Crippen LogP contribution in [-0.4, -0.2) is 11.5 Å². The standard InChI is InChI=1S/C11H17ClN2/c1-7(2)10(5-13)9-4-11(12)8(3)14-6-9/h4,6-7,10H,5,13H2,1-3H3. The Hall–Kier alpha value is -0.600. The van der Waals surface area contributed by atoms with Gasteiger partial charge in [-0.2, -0.15) is 0 Å². The first-order valence-corrected chi connectivity index (χ1v) is 5.26. The molecule has 1 aromatic rings. The fraction of sp³-hybridized carbons (Fsp3) is 0.545. The van der Waals surface area contributed by atoms with Crippen LogP contribution in [0.15, 0.2) is 12.3 Å². The highest BCUT2D eigenvalue weighted by Crippen LogP contribution is 2.25. The number of nitrogens with zero attached hydrogens (tertiary/aromatic N) is 1. The Labute approximate surface area is 90.5 Å². The van der Waals surface area contributed by atoms with Crippen LogP contribution in [0, 0.1) is 12.8 Å². The van der Waals surface area contributed by atoms with Gasteiger partial charge in [-0.15, -0.1) is 0 Å². The van der Waals surface area contributed by atoms with Gasteiger partial charge in [0.2, 0.25) is 0 Å². The molecule has 1 rings (SSSR count). The molecule has 0 fully saturated rings. The third-order valence-electron chi connectivity index (χ3n) is 2.53. The van der Waals surface area contributed by atoms with Gasteiger partial charge in [0.1, 0.15) is 0 Å². The summed E-state index contributed by atoms with van der Waals surface area (Å²) < 4.78 is 0. The van der Waals surface area contributed by atoms with E-state index in [1.807, 2.05) is 19.2 Å². The Morgan fingerprint density at radius 2 is 2.14 bits per heavy atom. The van der Waals surface area contributed by atoms with Crippen molar-refractivity contribution in [1.29, 1.82) is 0 Å².